The number of amides is 2. The highest BCUT2D eigenvalue weighted by atomic mass is 32.2. The molecule has 1 rings (SSSR count). The molecule has 1 aliphatic heterocycles. The number of likely N-dealkylation sites (tertiary alicyclic amines) is 1. The smallest absolute Gasteiger partial charge is 0.317 e. The predicted molar refractivity (Wildman–Crippen MR) is 86.1 cm³/mol. The first-order valence-electron chi connectivity index (χ1n) is 7.94. The maximum atomic E-state index is 12.4. The molecule has 0 aromatic rings. The van der Waals surface area contributed by atoms with Crippen molar-refractivity contribution in [3.63, 3.8) is 0 Å². The van der Waals surface area contributed by atoms with Gasteiger partial charge in [0.2, 0.25) is 0 Å². The van der Waals surface area contributed by atoms with E-state index in [0.29, 0.717) is 12.0 Å². The average Bonchev–Trinajstić information content (AvgIpc) is 2.34. The summed E-state index contributed by atoms with van der Waals surface area (Å²) in [7, 11) is -3.07. The van der Waals surface area contributed by atoms with Gasteiger partial charge < -0.3 is 10.2 Å². The summed E-state index contributed by atoms with van der Waals surface area (Å²) in [5.74, 6) is 0.629. The lowest BCUT2D eigenvalue weighted by molar-refractivity contribution is 0.141. The molecule has 0 bridgehead atoms. The summed E-state index contributed by atoms with van der Waals surface area (Å²) in [6, 6.07) is -0.161. The number of carbonyl (C=O) groups excluding carboxylic acids is 1. The van der Waals surface area contributed by atoms with Gasteiger partial charge >= 0.3 is 6.03 Å². The van der Waals surface area contributed by atoms with Crippen LogP contribution in [-0.4, -0.2) is 50.0 Å². The van der Waals surface area contributed by atoms with Gasteiger partial charge in [-0.05, 0) is 44.9 Å². The number of carbonyl (C=O) groups is 1. The molecule has 6 heteroatoms. The molecule has 2 amide bonds. The van der Waals surface area contributed by atoms with Gasteiger partial charge in [0.25, 0.3) is 0 Å². The molecule has 21 heavy (non-hydrogen) atoms. The molecule has 5 nitrogen and oxygen atoms in total. The lowest BCUT2D eigenvalue weighted by Crippen LogP contribution is -2.51. The van der Waals surface area contributed by atoms with Crippen LogP contribution in [0.1, 0.15) is 52.9 Å². The van der Waals surface area contributed by atoms with Crippen LogP contribution >= 0.6 is 0 Å². The molecule has 1 N–H and O–H groups in total. The van der Waals surface area contributed by atoms with E-state index in [0.717, 1.165) is 32.2 Å². The summed E-state index contributed by atoms with van der Waals surface area (Å²) in [5.41, 5.74) is 0. The number of hydrogen-bond donors (Lipinski definition) is 1. The lowest BCUT2D eigenvalue weighted by atomic mass is 9.95. The van der Waals surface area contributed by atoms with Crippen LogP contribution in [0.2, 0.25) is 0 Å². The van der Waals surface area contributed by atoms with Crippen LogP contribution in [0.4, 0.5) is 4.79 Å². The number of urea groups is 1. The molecule has 1 aliphatic rings. The summed E-state index contributed by atoms with van der Waals surface area (Å²) in [6.45, 7) is 6.91. The fourth-order valence-corrected chi connectivity index (χ4v) is 3.87. The van der Waals surface area contributed by atoms with Crippen molar-refractivity contribution in [2.24, 2.45) is 5.92 Å². The van der Waals surface area contributed by atoms with Crippen molar-refractivity contribution in [3.8, 4) is 0 Å². The number of rotatable bonds is 6. The third-order valence-corrected chi connectivity index (χ3v) is 4.99. The minimum Gasteiger partial charge on any atom is -0.335 e. The Hall–Kier alpha value is -0.780. The molecule has 1 saturated heterocycles. The third-order valence-electron chi connectivity index (χ3n) is 3.89. The molecule has 0 aromatic carbocycles. The van der Waals surface area contributed by atoms with Gasteiger partial charge in [-0.15, -0.1) is 0 Å². The molecular weight excluding hydrogens is 288 g/mol. The van der Waals surface area contributed by atoms with Crippen LogP contribution in [0.15, 0.2) is 0 Å². The second-order valence-electron chi connectivity index (χ2n) is 6.76. The SMILES string of the molecule is CC(C)CC[C@@H]1CCCCN1C(=O)N[C@@H](C)CS(C)(=O)=O. The zero-order valence-corrected chi connectivity index (χ0v) is 14.6. The minimum absolute atomic E-state index is 0.0107. The van der Waals surface area contributed by atoms with E-state index in [1.807, 2.05) is 4.90 Å². The van der Waals surface area contributed by atoms with Crippen LogP contribution in [0, 0.1) is 5.92 Å². The van der Waals surface area contributed by atoms with Gasteiger partial charge in [0.1, 0.15) is 9.84 Å². The number of nitrogens with zero attached hydrogens (tertiary/aromatic N) is 1. The van der Waals surface area contributed by atoms with Gasteiger partial charge in [0.05, 0.1) is 5.75 Å². The minimum atomic E-state index is -3.07. The lowest BCUT2D eigenvalue weighted by Gasteiger charge is -2.36. The van der Waals surface area contributed by atoms with Crippen LogP contribution in [-0.2, 0) is 9.84 Å². The zero-order valence-electron chi connectivity index (χ0n) is 13.8. The Morgan fingerprint density at radius 2 is 1.95 bits per heavy atom. The molecule has 2 atom stereocenters. The first-order chi connectivity index (χ1) is 9.69. The third kappa shape index (κ3) is 7.16. The fourth-order valence-electron chi connectivity index (χ4n) is 2.88. The zero-order chi connectivity index (χ0) is 16.0. The highest BCUT2D eigenvalue weighted by Crippen LogP contribution is 2.22. The molecular formula is C15H30N2O3S. The summed E-state index contributed by atoms with van der Waals surface area (Å²) < 4.78 is 22.6. The van der Waals surface area contributed by atoms with Crippen LogP contribution in [0.5, 0.6) is 0 Å². The first-order valence-corrected chi connectivity index (χ1v) is 10.00. The van der Waals surface area contributed by atoms with Crippen LogP contribution in [0.3, 0.4) is 0 Å². The molecule has 0 saturated carbocycles. The van der Waals surface area contributed by atoms with Crippen LogP contribution < -0.4 is 5.32 Å². The van der Waals surface area contributed by atoms with Gasteiger partial charge in [-0.25, -0.2) is 13.2 Å². The van der Waals surface area contributed by atoms with Gasteiger partial charge in [0.15, 0.2) is 0 Å². The second-order valence-corrected chi connectivity index (χ2v) is 8.94. The molecule has 0 aliphatic carbocycles. The Morgan fingerprint density at radius 1 is 1.29 bits per heavy atom. The monoisotopic (exact) mass is 318 g/mol. The van der Waals surface area contributed by atoms with E-state index in [-0.39, 0.29) is 17.8 Å². The molecule has 124 valence electrons. The summed E-state index contributed by atoms with van der Waals surface area (Å²) in [6.07, 6.45) is 6.61. The number of nitrogens with one attached hydrogen (secondary N) is 1. The van der Waals surface area contributed by atoms with E-state index >= 15 is 0 Å². The van der Waals surface area contributed by atoms with Crippen molar-refractivity contribution in [1.29, 1.82) is 0 Å². The van der Waals surface area contributed by atoms with Crippen molar-refractivity contribution < 1.29 is 13.2 Å². The van der Waals surface area contributed by atoms with E-state index in [1.165, 1.54) is 12.7 Å². The predicted octanol–water partition coefficient (Wildman–Crippen LogP) is 2.42. The summed E-state index contributed by atoms with van der Waals surface area (Å²) in [4.78, 5) is 14.3. The van der Waals surface area contributed by atoms with E-state index in [2.05, 4.69) is 19.2 Å². The van der Waals surface area contributed by atoms with E-state index < -0.39 is 9.84 Å². The summed E-state index contributed by atoms with van der Waals surface area (Å²) >= 11 is 0. The molecule has 1 fully saturated rings. The van der Waals surface area contributed by atoms with E-state index in [9.17, 15) is 13.2 Å². The number of sulfone groups is 1. The van der Waals surface area contributed by atoms with Gasteiger partial charge in [-0.1, -0.05) is 13.8 Å². The standard InChI is InChI=1S/C15H30N2O3S/c1-12(2)8-9-14-7-5-6-10-17(14)15(18)16-13(3)11-21(4,19)20/h12-14H,5-11H2,1-4H3,(H,16,18)/t13-,14-/m0/s1. The van der Waals surface area contributed by atoms with Crippen molar-refractivity contribution >= 4 is 15.9 Å². The van der Waals surface area contributed by atoms with Crippen molar-refractivity contribution in [1.82, 2.24) is 10.2 Å². The van der Waals surface area contributed by atoms with Crippen molar-refractivity contribution in [3.05, 3.63) is 0 Å². The molecule has 0 spiro atoms. The molecule has 0 radical (unpaired) electrons. The maximum absolute atomic E-state index is 12.4. The Kier molecular flexibility index (Phi) is 6.97. The van der Waals surface area contributed by atoms with Crippen LogP contribution in [0.25, 0.3) is 0 Å². The van der Waals surface area contributed by atoms with Gasteiger partial charge in [0, 0.05) is 24.9 Å². The average molecular weight is 318 g/mol. The Balaban J connectivity index is 2.56. The quantitative estimate of drug-likeness (QED) is 0.818. The number of hydrogen-bond acceptors (Lipinski definition) is 3. The van der Waals surface area contributed by atoms with Crippen molar-refractivity contribution in [2.75, 3.05) is 18.6 Å². The van der Waals surface area contributed by atoms with E-state index in [1.54, 1.807) is 6.92 Å². The maximum Gasteiger partial charge on any atom is 0.317 e. The Morgan fingerprint density at radius 3 is 2.52 bits per heavy atom. The highest BCUT2D eigenvalue weighted by Gasteiger charge is 2.27. The topological polar surface area (TPSA) is 66.5 Å². The van der Waals surface area contributed by atoms with E-state index in [4.69, 9.17) is 0 Å². The highest BCUT2D eigenvalue weighted by molar-refractivity contribution is 7.90. The first kappa shape index (κ1) is 18.3. The molecule has 1 heterocycles. The van der Waals surface area contributed by atoms with Crippen molar-refractivity contribution in [2.45, 2.75) is 65.0 Å². The second kappa shape index (κ2) is 8.01. The van der Waals surface area contributed by atoms with Gasteiger partial charge in [-0.3, -0.25) is 0 Å². The largest absolute Gasteiger partial charge is 0.335 e. The van der Waals surface area contributed by atoms with Gasteiger partial charge in [-0.2, -0.15) is 0 Å². The number of piperidine rings is 1. The Bertz CT molecular complexity index is 434. The molecule has 0 aromatic heterocycles. The normalized spacial score (nSPS) is 21.4. The fraction of sp³-hybridized carbons (Fsp3) is 0.933. The Labute approximate surface area is 129 Å². The summed E-state index contributed by atoms with van der Waals surface area (Å²) in [5, 5.41) is 2.83. The molecule has 0 unspecified atom stereocenters.